The number of aryl methyl sites for hydroxylation is 2. The number of benzene rings is 1. The molecule has 4 nitrogen and oxygen atoms in total. The molecule has 90 valence electrons. The predicted octanol–water partition coefficient (Wildman–Crippen LogP) is 2.24. The van der Waals surface area contributed by atoms with Crippen LogP contribution in [0.25, 0.3) is 0 Å². The highest BCUT2D eigenvalue weighted by Crippen LogP contribution is 2.20. The van der Waals surface area contributed by atoms with Crippen LogP contribution in [0.4, 0.5) is 0 Å². The summed E-state index contributed by atoms with van der Waals surface area (Å²) in [6.07, 6.45) is 1.26. The smallest absolute Gasteiger partial charge is 0.244 e. The van der Waals surface area contributed by atoms with E-state index >= 15 is 0 Å². The average molecular weight is 282 g/mol. The fraction of sp³-hybridized carbons (Fsp3) is 0.333. The van der Waals surface area contributed by atoms with Crippen LogP contribution in [0, 0.1) is 13.8 Å². The van der Waals surface area contributed by atoms with Crippen molar-refractivity contribution in [1.29, 1.82) is 0 Å². The molecule has 0 spiro atoms. The van der Waals surface area contributed by atoms with Gasteiger partial charge < -0.3 is 0 Å². The molecule has 0 fully saturated rings. The molecule has 0 aliphatic rings. The number of hydrogen-bond acceptors (Lipinski definition) is 3. The normalized spacial score (nSPS) is 15.5. The number of rotatable bonds is 2. The van der Waals surface area contributed by atoms with Crippen LogP contribution < -0.4 is 0 Å². The van der Waals surface area contributed by atoms with Gasteiger partial charge in [-0.25, -0.2) is 4.21 Å². The van der Waals surface area contributed by atoms with Gasteiger partial charge in [0, 0.05) is 16.9 Å². The maximum Gasteiger partial charge on any atom is 0.347 e. The Kier molecular flexibility index (Phi) is 3.66. The largest absolute Gasteiger partial charge is 0.347 e. The van der Waals surface area contributed by atoms with Gasteiger partial charge in [-0.1, -0.05) is 15.9 Å². The Hall–Kier alpha value is -0.590. The molecule has 0 bridgehead atoms. The van der Waals surface area contributed by atoms with Crippen LogP contribution in [0.1, 0.15) is 11.1 Å². The van der Waals surface area contributed by atoms with Crippen molar-refractivity contribution in [1.82, 2.24) is 0 Å². The standard InChI is InChI=1S/C9H12ClNO3S2/c1-7-4-5-8(2)9(6-7)15(3,12)11-16(10,13)14/h4-6H,1-3H3. The molecule has 1 rings (SSSR count). The Morgan fingerprint density at radius 1 is 1.19 bits per heavy atom. The molecule has 0 aliphatic carbocycles. The Labute approximate surface area is 100 Å². The second-order valence-electron chi connectivity index (χ2n) is 3.56. The summed E-state index contributed by atoms with van der Waals surface area (Å²) in [5, 5.41) is 0. The monoisotopic (exact) mass is 281 g/mol. The molecule has 1 aromatic carbocycles. The maximum atomic E-state index is 12.1. The van der Waals surface area contributed by atoms with Crippen molar-refractivity contribution in [3.05, 3.63) is 29.3 Å². The van der Waals surface area contributed by atoms with E-state index in [0.717, 1.165) is 11.1 Å². The van der Waals surface area contributed by atoms with Crippen molar-refractivity contribution < 1.29 is 12.6 Å². The molecular formula is C9H12ClNO3S2. The Morgan fingerprint density at radius 3 is 2.25 bits per heavy atom. The second kappa shape index (κ2) is 4.35. The maximum absolute atomic E-state index is 12.1. The minimum absolute atomic E-state index is 0.400. The summed E-state index contributed by atoms with van der Waals surface area (Å²) in [7, 11) is -2.17. The first-order valence-electron chi connectivity index (χ1n) is 4.37. The van der Waals surface area contributed by atoms with Crippen molar-refractivity contribution >= 4 is 29.6 Å². The molecule has 0 N–H and O–H groups in total. The summed E-state index contributed by atoms with van der Waals surface area (Å²) >= 11 is 0. The lowest BCUT2D eigenvalue weighted by Crippen LogP contribution is -2.03. The average Bonchev–Trinajstić information content (AvgIpc) is 2.04. The highest BCUT2D eigenvalue weighted by atomic mass is 35.7. The van der Waals surface area contributed by atoms with E-state index in [1.165, 1.54) is 6.26 Å². The van der Waals surface area contributed by atoms with Gasteiger partial charge in [0.2, 0.25) is 0 Å². The topological polar surface area (TPSA) is 63.6 Å². The zero-order valence-electron chi connectivity index (χ0n) is 9.10. The van der Waals surface area contributed by atoms with Gasteiger partial charge in [-0.15, -0.1) is 0 Å². The Bertz CT molecular complexity index is 628. The van der Waals surface area contributed by atoms with E-state index in [1.54, 1.807) is 19.1 Å². The van der Waals surface area contributed by atoms with Gasteiger partial charge in [0.25, 0.3) is 0 Å². The third kappa shape index (κ3) is 3.47. The first-order chi connectivity index (χ1) is 7.12. The molecule has 7 heteroatoms. The minimum atomic E-state index is -4.14. The Morgan fingerprint density at radius 2 is 1.75 bits per heavy atom. The van der Waals surface area contributed by atoms with Crippen LogP contribution in [0.3, 0.4) is 0 Å². The molecule has 0 aliphatic heterocycles. The van der Waals surface area contributed by atoms with E-state index in [-0.39, 0.29) is 0 Å². The number of halogens is 1. The summed E-state index contributed by atoms with van der Waals surface area (Å²) in [6, 6.07) is 5.27. The first-order valence-corrected chi connectivity index (χ1v) is 8.56. The van der Waals surface area contributed by atoms with Crippen LogP contribution >= 0.6 is 10.7 Å². The predicted molar refractivity (Wildman–Crippen MR) is 65.4 cm³/mol. The van der Waals surface area contributed by atoms with Crippen LogP contribution in [-0.2, 0) is 19.0 Å². The molecule has 1 aromatic rings. The van der Waals surface area contributed by atoms with Gasteiger partial charge in [-0.2, -0.15) is 8.42 Å². The summed E-state index contributed by atoms with van der Waals surface area (Å²) in [5.41, 5.74) is 1.61. The fourth-order valence-electron chi connectivity index (χ4n) is 1.33. The van der Waals surface area contributed by atoms with Crippen molar-refractivity contribution in [3.63, 3.8) is 0 Å². The minimum Gasteiger partial charge on any atom is -0.244 e. The fourth-order valence-corrected chi connectivity index (χ4v) is 5.04. The highest BCUT2D eigenvalue weighted by Gasteiger charge is 2.14. The van der Waals surface area contributed by atoms with Crippen LogP contribution in [0.2, 0.25) is 0 Å². The van der Waals surface area contributed by atoms with Crippen LogP contribution in [0.5, 0.6) is 0 Å². The molecule has 1 unspecified atom stereocenters. The molecule has 0 amide bonds. The lowest BCUT2D eigenvalue weighted by Gasteiger charge is -2.07. The van der Waals surface area contributed by atoms with E-state index in [0.29, 0.717) is 4.90 Å². The van der Waals surface area contributed by atoms with E-state index in [4.69, 9.17) is 10.7 Å². The number of hydrogen-bond donors (Lipinski definition) is 0. The van der Waals surface area contributed by atoms with Gasteiger partial charge in [-0.05, 0) is 31.0 Å². The number of nitrogens with zero attached hydrogens (tertiary/aromatic N) is 1. The van der Waals surface area contributed by atoms with Crippen molar-refractivity contribution in [3.8, 4) is 0 Å². The van der Waals surface area contributed by atoms with Crippen molar-refractivity contribution in [2.45, 2.75) is 18.7 Å². The van der Waals surface area contributed by atoms with E-state index in [9.17, 15) is 12.6 Å². The van der Waals surface area contributed by atoms with Crippen LogP contribution in [0.15, 0.2) is 26.9 Å². The summed E-state index contributed by atoms with van der Waals surface area (Å²) < 4.78 is 37.0. The summed E-state index contributed by atoms with van der Waals surface area (Å²) in [4.78, 5) is 0.400. The molecule has 0 radical (unpaired) electrons. The molecule has 0 heterocycles. The van der Waals surface area contributed by atoms with E-state index < -0.39 is 19.0 Å². The first kappa shape index (κ1) is 13.5. The lowest BCUT2D eigenvalue weighted by molar-refractivity contribution is 0.611. The quantitative estimate of drug-likeness (QED) is 0.781. The highest BCUT2D eigenvalue weighted by molar-refractivity contribution is 8.17. The van der Waals surface area contributed by atoms with Crippen molar-refractivity contribution in [2.75, 3.05) is 6.26 Å². The SMILES string of the molecule is Cc1ccc(C)c(S(C)(=O)=NS(=O)(=O)Cl)c1. The molecular weight excluding hydrogens is 270 g/mol. The van der Waals surface area contributed by atoms with Gasteiger partial charge in [-0.3, -0.25) is 0 Å². The van der Waals surface area contributed by atoms with Gasteiger partial charge in [0.1, 0.15) is 0 Å². The third-order valence-electron chi connectivity index (χ3n) is 1.98. The summed E-state index contributed by atoms with van der Waals surface area (Å²) in [5.74, 6) is 0. The summed E-state index contributed by atoms with van der Waals surface area (Å²) in [6.45, 7) is 3.57. The van der Waals surface area contributed by atoms with Gasteiger partial charge in [0.15, 0.2) is 0 Å². The van der Waals surface area contributed by atoms with Crippen LogP contribution in [-0.4, -0.2) is 18.9 Å². The molecule has 1 atom stereocenters. The molecule has 0 saturated heterocycles. The third-order valence-corrected chi connectivity index (χ3v) is 5.60. The Balaban J connectivity index is 3.57. The second-order valence-corrected chi connectivity index (χ2v) is 8.19. The van der Waals surface area contributed by atoms with Gasteiger partial charge in [0.05, 0.1) is 14.6 Å². The molecule has 16 heavy (non-hydrogen) atoms. The van der Waals surface area contributed by atoms with E-state index in [2.05, 4.69) is 3.77 Å². The molecule has 0 saturated carbocycles. The van der Waals surface area contributed by atoms with E-state index in [1.807, 2.05) is 13.0 Å². The lowest BCUT2D eigenvalue weighted by atomic mass is 10.2. The zero-order chi connectivity index (χ0) is 12.6. The van der Waals surface area contributed by atoms with Gasteiger partial charge >= 0.3 is 9.24 Å². The van der Waals surface area contributed by atoms with Crippen molar-refractivity contribution in [2.24, 2.45) is 3.77 Å². The molecule has 0 aromatic heterocycles. The zero-order valence-corrected chi connectivity index (χ0v) is 11.5.